The number of benzene rings is 1. The number of nitrogens with zero attached hydrogens (tertiary/aromatic N) is 1. The summed E-state index contributed by atoms with van der Waals surface area (Å²) in [6, 6.07) is 5.17. The maximum absolute atomic E-state index is 12.9. The fourth-order valence-electron chi connectivity index (χ4n) is 2.53. The van der Waals surface area contributed by atoms with Crippen LogP contribution in [0.1, 0.15) is 20.3 Å². The summed E-state index contributed by atoms with van der Waals surface area (Å²) >= 11 is 4.77. The molecule has 1 N–H and O–H groups in total. The number of thioether (sulfide) groups is 1. The summed E-state index contributed by atoms with van der Waals surface area (Å²) in [5.74, 6) is -0.372. The SMILES string of the molecule is CC1(C)SCCCN(S(=O)(=O)c2ccc(Br)cc2)C1C(=O)O. The average Bonchev–Trinajstić information content (AvgIpc) is 2.57. The number of halogens is 1. The number of carboxylic acid groups (broad SMARTS) is 1. The largest absolute Gasteiger partial charge is 0.480 e. The molecule has 22 heavy (non-hydrogen) atoms. The molecule has 1 saturated heterocycles. The van der Waals surface area contributed by atoms with Crippen LogP contribution in [0.2, 0.25) is 0 Å². The highest BCUT2D eigenvalue weighted by atomic mass is 79.9. The predicted octanol–water partition coefficient (Wildman–Crippen LogP) is 2.81. The summed E-state index contributed by atoms with van der Waals surface area (Å²) in [4.78, 5) is 11.9. The van der Waals surface area contributed by atoms with E-state index in [9.17, 15) is 18.3 Å². The van der Waals surface area contributed by atoms with E-state index >= 15 is 0 Å². The van der Waals surface area contributed by atoms with Gasteiger partial charge in [0.05, 0.1) is 4.90 Å². The molecule has 1 aromatic carbocycles. The van der Waals surface area contributed by atoms with Gasteiger partial charge in [-0.1, -0.05) is 15.9 Å². The number of carboxylic acids is 1. The zero-order valence-corrected chi connectivity index (χ0v) is 15.5. The topological polar surface area (TPSA) is 74.7 Å². The molecule has 2 rings (SSSR count). The first kappa shape index (κ1) is 17.8. The molecule has 0 saturated carbocycles. The summed E-state index contributed by atoms with van der Waals surface area (Å²) < 4.78 is 27.0. The molecule has 0 bridgehead atoms. The molecule has 1 aliphatic rings. The molecule has 0 aromatic heterocycles. The van der Waals surface area contributed by atoms with Crippen LogP contribution in [0, 0.1) is 0 Å². The van der Waals surface area contributed by atoms with Gasteiger partial charge < -0.3 is 5.11 Å². The van der Waals surface area contributed by atoms with Crippen molar-refractivity contribution in [3.05, 3.63) is 28.7 Å². The number of carbonyl (C=O) groups is 1. The minimum Gasteiger partial charge on any atom is -0.480 e. The first-order chi connectivity index (χ1) is 10.2. The lowest BCUT2D eigenvalue weighted by Crippen LogP contribution is -2.54. The molecule has 1 atom stereocenters. The number of rotatable bonds is 3. The van der Waals surface area contributed by atoms with E-state index in [1.165, 1.54) is 23.9 Å². The fraction of sp³-hybridized carbons (Fsp3) is 0.500. The number of hydrogen-bond donors (Lipinski definition) is 1. The van der Waals surface area contributed by atoms with Gasteiger partial charge in [-0.15, -0.1) is 0 Å². The molecule has 122 valence electrons. The first-order valence-corrected chi connectivity index (χ1v) is 10.0. The number of hydrogen-bond acceptors (Lipinski definition) is 4. The van der Waals surface area contributed by atoms with Gasteiger partial charge in [-0.2, -0.15) is 16.1 Å². The molecule has 8 heteroatoms. The van der Waals surface area contributed by atoms with E-state index < -0.39 is 26.8 Å². The Morgan fingerprint density at radius 2 is 1.95 bits per heavy atom. The highest BCUT2D eigenvalue weighted by molar-refractivity contribution is 9.10. The lowest BCUT2D eigenvalue weighted by molar-refractivity contribution is -0.142. The van der Waals surface area contributed by atoms with Gasteiger partial charge in [-0.3, -0.25) is 4.79 Å². The molecule has 1 aliphatic heterocycles. The highest BCUT2D eigenvalue weighted by Crippen LogP contribution is 2.37. The maximum Gasteiger partial charge on any atom is 0.323 e. The van der Waals surface area contributed by atoms with E-state index in [1.807, 2.05) is 0 Å². The third-order valence-electron chi connectivity index (χ3n) is 3.60. The highest BCUT2D eigenvalue weighted by Gasteiger charge is 2.46. The summed E-state index contributed by atoms with van der Waals surface area (Å²) in [7, 11) is -3.85. The van der Waals surface area contributed by atoms with Crippen molar-refractivity contribution in [3.63, 3.8) is 0 Å². The van der Waals surface area contributed by atoms with Crippen molar-refractivity contribution in [1.29, 1.82) is 0 Å². The maximum atomic E-state index is 12.9. The van der Waals surface area contributed by atoms with Crippen molar-refractivity contribution in [2.75, 3.05) is 12.3 Å². The van der Waals surface area contributed by atoms with Crippen LogP contribution < -0.4 is 0 Å². The molecule has 1 heterocycles. The van der Waals surface area contributed by atoms with Gasteiger partial charge in [0.15, 0.2) is 0 Å². The first-order valence-electron chi connectivity index (χ1n) is 6.80. The molecular weight excluding hydrogens is 390 g/mol. The van der Waals surface area contributed by atoms with E-state index in [0.29, 0.717) is 6.42 Å². The van der Waals surface area contributed by atoms with Crippen LogP contribution in [0.4, 0.5) is 0 Å². The van der Waals surface area contributed by atoms with Crippen LogP contribution in [-0.2, 0) is 14.8 Å². The molecule has 1 unspecified atom stereocenters. The molecule has 0 aliphatic carbocycles. The zero-order valence-electron chi connectivity index (χ0n) is 12.3. The number of aliphatic carboxylic acids is 1. The summed E-state index contributed by atoms with van der Waals surface area (Å²) in [5, 5.41) is 9.60. The summed E-state index contributed by atoms with van der Waals surface area (Å²) in [6.07, 6.45) is 0.633. The minimum absolute atomic E-state index is 0.115. The van der Waals surface area contributed by atoms with Crippen molar-refractivity contribution < 1.29 is 18.3 Å². The van der Waals surface area contributed by atoms with Crippen LogP contribution >= 0.6 is 27.7 Å². The van der Waals surface area contributed by atoms with Crippen molar-refractivity contribution in [2.45, 2.75) is 36.0 Å². The third kappa shape index (κ3) is 3.50. The van der Waals surface area contributed by atoms with Crippen LogP contribution in [0.3, 0.4) is 0 Å². The van der Waals surface area contributed by atoms with Crippen LogP contribution in [0.5, 0.6) is 0 Å². The van der Waals surface area contributed by atoms with Crippen molar-refractivity contribution in [3.8, 4) is 0 Å². The molecule has 5 nitrogen and oxygen atoms in total. The van der Waals surface area contributed by atoms with E-state index in [-0.39, 0.29) is 11.4 Å². The van der Waals surface area contributed by atoms with Gasteiger partial charge in [0.2, 0.25) is 10.0 Å². The normalized spacial score (nSPS) is 23.0. The molecule has 1 fully saturated rings. The van der Waals surface area contributed by atoms with Gasteiger partial charge in [0.25, 0.3) is 0 Å². The van der Waals surface area contributed by atoms with Crippen molar-refractivity contribution in [1.82, 2.24) is 4.31 Å². The Morgan fingerprint density at radius 3 is 2.50 bits per heavy atom. The van der Waals surface area contributed by atoms with Crippen molar-refractivity contribution in [2.24, 2.45) is 0 Å². The second-order valence-corrected chi connectivity index (χ2v) is 10.2. The van der Waals surface area contributed by atoms with E-state index in [1.54, 1.807) is 26.0 Å². The Balaban J connectivity index is 2.50. The Bertz CT molecular complexity index is 658. The van der Waals surface area contributed by atoms with Crippen LogP contribution in [0.25, 0.3) is 0 Å². The molecule has 0 amide bonds. The monoisotopic (exact) mass is 407 g/mol. The summed E-state index contributed by atoms with van der Waals surface area (Å²) in [6.45, 7) is 3.78. The zero-order chi connectivity index (χ0) is 16.5. The van der Waals surface area contributed by atoms with E-state index in [4.69, 9.17) is 0 Å². The van der Waals surface area contributed by atoms with Crippen LogP contribution in [0.15, 0.2) is 33.6 Å². The Hall–Kier alpha value is -0.570. The van der Waals surface area contributed by atoms with Gasteiger partial charge >= 0.3 is 5.97 Å². The van der Waals surface area contributed by atoms with E-state index in [0.717, 1.165) is 14.5 Å². The van der Waals surface area contributed by atoms with Gasteiger partial charge in [-0.05, 0) is 50.3 Å². The average molecular weight is 408 g/mol. The Labute approximate surface area is 143 Å². The van der Waals surface area contributed by atoms with E-state index in [2.05, 4.69) is 15.9 Å². The predicted molar refractivity (Wildman–Crippen MR) is 90.6 cm³/mol. The second-order valence-electron chi connectivity index (χ2n) is 5.62. The molecule has 0 radical (unpaired) electrons. The molecular formula is C14H18BrNO4S2. The minimum atomic E-state index is -3.85. The van der Waals surface area contributed by atoms with Gasteiger partial charge in [0.1, 0.15) is 6.04 Å². The lowest BCUT2D eigenvalue weighted by Gasteiger charge is -2.35. The summed E-state index contributed by atoms with van der Waals surface area (Å²) in [5.41, 5.74) is 0. The Morgan fingerprint density at radius 1 is 1.36 bits per heavy atom. The number of sulfonamides is 1. The Kier molecular flexibility index (Phi) is 5.26. The van der Waals surface area contributed by atoms with Crippen LogP contribution in [-0.4, -0.2) is 46.9 Å². The van der Waals surface area contributed by atoms with Gasteiger partial charge in [-0.25, -0.2) is 8.42 Å². The standard InChI is InChI=1S/C14H18BrNO4S2/c1-14(2)12(13(17)18)16(8-3-9-21-14)22(19,20)11-6-4-10(15)5-7-11/h4-7,12H,3,8-9H2,1-2H3,(H,17,18). The quantitative estimate of drug-likeness (QED) is 0.833. The van der Waals surface area contributed by atoms with Crippen molar-refractivity contribution >= 4 is 43.7 Å². The molecule has 0 spiro atoms. The fourth-order valence-corrected chi connectivity index (χ4v) is 5.80. The third-order valence-corrected chi connectivity index (χ3v) is 7.47. The molecule has 1 aromatic rings. The smallest absolute Gasteiger partial charge is 0.323 e. The lowest BCUT2D eigenvalue weighted by atomic mass is 10.0. The van der Waals surface area contributed by atoms with Gasteiger partial charge in [0, 0.05) is 15.8 Å². The second kappa shape index (κ2) is 6.51.